The number of anilines is 1. The number of nitrogens with one attached hydrogen (secondary N) is 1. The van der Waals surface area contributed by atoms with Gasteiger partial charge in [-0.25, -0.2) is 17.6 Å². The molecule has 20 heavy (non-hydrogen) atoms. The van der Waals surface area contributed by atoms with Crippen LogP contribution in [0, 0.1) is 23.3 Å². The first-order valence-corrected chi connectivity index (χ1v) is 5.72. The van der Waals surface area contributed by atoms with E-state index in [1.807, 2.05) is 0 Å². The summed E-state index contributed by atoms with van der Waals surface area (Å²) in [5, 5.41) is 2.77. The van der Waals surface area contributed by atoms with E-state index in [1.54, 1.807) is 0 Å². The predicted molar refractivity (Wildman–Crippen MR) is 66.6 cm³/mol. The highest BCUT2D eigenvalue weighted by atomic mass is 19.2. The van der Waals surface area contributed by atoms with Gasteiger partial charge in [0.1, 0.15) is 5.82 Å². The largest absolute Gasteiger partial charge is 0.494 e. The first-order chi connectivity index (χ1) is 9.51. The number of rotatable bonds is 4. The van der Waals surface area contributed by atoms with Gasteiger partial charge >= 0.3 is 0 Å². The molecule has 0 aliphatic heterocycles. The summed E-state index contributed by atoms with van der Waals surface area (Å²) in [6.45, 7) is -0.0716. The second kappa shape index (κ2) is 5.81. The highest BCUT2D eigenvalue weighted by Crippen LogP contribution is 2.22. The first-order valence-electron chi connectivity index (χ1n) is 5.72. The van der Waals surface area contributed by atoms with E-state index in [2.05, 4.69) is 5.32 Å². The first kappa shape index (κ1) is 14.2. The van der Waals surface area contributed by atoms with Crippen molar-refractivity contribution in [2.45, 2.75) is 6.54 Å². The Hall–Kier alpha value is -2.24. The van der Waals surface area contributed by atoms with Crippen LogP contribution in [0.4, 0.5) is 23.2 Å². The van der Waals surface area contributed by atoms with Gasteiger partial charge in [-0.1, -0.05) is 0 Å². The summed E-state index contributed by atoms with van der Waals surface area (Å²) < 4.78 is 57.2. The van der Waals surface area contributed by atoms with Crippen molar-refractivity contribution in [2.24, 2.45) is 0 Å². The van der Waals surface area contributed by atoms with E-state index in [-0.39, 0.29) is 17.9 Å². The van der Waals surface area contributed by atoms with Crippen LogP contribution in [0.15, 0.2) is 30.3 Å². The topological polar surface area (TPSA) is 21.3 Å². The van der Waals surface area contributed by atoms with Crippen molar-refractivity contribution in [1.29, 1.82) is 0 Å². The zero-order valence-electron chi connectivity index (χ0n) is 10.5. The molecular weight excluding hydrogens is 274 g/mol. The SMILES string of the molecule is COc1cc(NCc2cc(F)c(F)cc2F)ccc1F. The van der Waals surface area contributed by atoms with Crippen LogP contribution in [0.2, 0.25) is 0 Å². The smallest absolute Gasteiger partial charge is 0.165 e. The predicted octanol–water partition coefficient (Wildman–Crippen LogP) is 3.86. The molecule has 0 fully saturated rings. The van der Waals surface area contributed by atoms with Crippen molar-refractivity contribution < 1.29 is 22.3 Å². The molecule has 0 bridgehead atoms. The quantitative estimate of drug-likeness (QED) is 0.680. The van der Waals surface area contributed by atoms with Crippen LogP contribution < -0.4 is 10.1 Å². The highest BCUT2D eigenvalue weighted by Gasteiger charge is 2.10. The molecule has 0 aromatic heterocycles. The van der Waals surface area contributed by atoms with Crippen LogP contribution in [0.1, 0.15) is 5.56 Å². The molecule has 0 radical (unpaired) electrons. The molecule has 2 aromatic rings. The summed E-state index contributed by atoms with van der Waals surface area (Å²) in [5.41, 5.74) is 0.430. The molecule has 6 heteroatoms. The maximum absolute atomic E-state index is 13.4. The van der Waals surface area contributed by atoms with E-state index < -0.39 is 23.3 Å². The van der Waals surface area contributed by atoms with Gasteiger partial charge in [0, 0.05) is 29.9 Å². The average molecular weight is 285 g/mol. The summed E-state index contributed by atoms with van der Waals surface area (Å²) in [4.78, 5) is 0. The van der Waals surface area contributed by atoms with Crippen LogP contribution in [-0.2, 0) is 6.54 Å². The van der Waals surface area contributed by atoms with E-state index in [9.17, 15) is 17.6 Å². The minimum Gasteiger partial charge on any atom is -0.494 e. The molecule has 0 unspecified atom stereocenters. The summed E-state index contributed by atoms with van der Waals surface area (Å²) in [6.07, 6.45) is 0. The number of hydrogen-bond donors (Lipinski definition) is 1. The third-order valence-corrected chi connectivity index (χ3v) is 2.72. The van der Waals surface area contributed by atoms with E-state index in [0.717, 1.165) is 6.07 Å². The van der Waals surface area contributed by atoms with Gasteiger partial charge in [0.05, 0.1) is 7.11 Å². The Morgan fingerprint density at radius 3 is 2.30 bits per heavy atom. The number of halogens is 4. The molecule has 0 atom stereocenters. The summed E-state index contributed by atoms with van der Waals surface area (Å²) in [6, 6.07) is 5.25. The molecule has 2 rings (SSSR count). The Balaban J connectivity index is 2.14. The van der Waals surface area contributed by atoms with Crippen LogP contribution in [0.5, 0.6) is 5.75 Å². The molecule has 2 nitrogen and oxygen atoms in total. The lowest BCUT2D eigenvalue weighted by Crippen LogP contribution is -2.04. The Bertz CT molecular complexity index is 631. The van der Waals surface area contributed by atoms with Gasteiger partial charge in [0.25, 0.3) is 0 Å². The van der Waals surface area contributed by atoms with E-state index >= 15 is 0 Å². The molecule has 0 amide bonds. The van der Waals surface area contributed by atoms with Crippen molar-refractivity contribution in [3.05, 3.63) is 59.2 Å². The number of ether oxygens (including phenoxy) is 1. The minimum atomic E-state index is -1.24. The van der Waals surface area contributed by atoms with E-state index in [4.69, 9.17) is 4.74 Å². The van der Waals surface area contributed by atoms with Gasteiger partial charge in [0.15, 0.2) is 23.2 Å². The molecular formula is C14H11F4NO. The Labute approximate surface area is 113 Å². The zero-order valence-corrected chi connectivity index (χ0v) is 10.5. The molecule has 1 N–H and O–H groups in total. The fraction of sp³-hybridized carbons (Fsp3) is 0.143. The molecule has 0 saturated carbocycles. The molecule has 0 aliphatic carbocycles. The average Bonchev–Trinajstić information content (AvgIpc) is 2.43. The Morgan fingerprint density at radius 1 is 0.900 bits per heavy atom. The van der Waals surface area contributed by atoms with Gasteiger partial charge < -0.3 is 10.1 Å². The minimum absolute atomic E-state index is 0.0285. The summed E-state index contributed by atoms with van der Waals surface area (Å²) in [5.74, 6) is -3.72. The Kier molecular flexibility index (Phi) is 4.12. The van der Waals surface area contributed by atoms with Crippen LogP contribution in [0.3, 0.4) is 0 Å². The monoisotopic (exact) mass is 285 g/mol. The lowest BCUT2D eigenvalue weighted by atomic mass is 10.2. The standard InChI is InChI=1S/C14H11F4NO/c1-20-14-5-9(2-3-10(14)15)19-7-8-4-12(17)13(18)6-11(8)16/h2-6,19H,7H2,1H3. The third kappa shape index (κ3) is 3.01. The van der Waals surface area contributed by atoms with E-state index in [1.165, 1.54) is 25.3 Å². The van der Waals surface area contributed by atoms with Gasteiger partial charge in [0.2, 0.25) is 0 Å². The van der Waals surface area contributed by atoms with Gasteiger partial charge in [-0.2, -0.15) is 0 Å². The fourth-order valence-corrected chi connectivity index (χ4v) is 1.67. The number of methoxy groups -OCH3 is 1. The van der Waals surface area contributed by atoms with Gasteiger partial charge in [-0.05, 0) is 18.2 Å². The highest BCUT2D eigenvalue weighted by molar-refractivity contribution is 5.49. The fourth-order valence-electron chi connectivity index (χ4n) is 1.67. The maximum Gasteiger partial charge on any atom is 0.165 e. The van der Waals surface area contributed by atoms with Crippen LogP contribution >= 0.6 is 0 Å². The van der Waals surface area contributed by atoms with Crippen LogP contribution in [-0.4, -0.2) is 7.11 Å². The molecule has 2 aromatic carbocycles. The maximum atomic E-state index is 13.4. The summed E-state index contributed by atoms with van der Waals surface area (Å²) in [7, 11) is 1.32. The molecule has 0 spiro atoms. The van der Waals surface area contributed by atoms with Crippen LogP contribution in [0.25, 0.3) is 0 Å². The van der Waals surface area contributed by atoms with Crippen molar-refractivity contribution in [3.8, 4) is 5.75 Å². The van der Waals surface area contributed by atoms with Gasteiger partial charge in [-0.15, -0.1) is 0 Å². The lowest BCUT2D eigenvalue weighted by molar-refractivity contribution is 0.387. The zero-order chi connectivity index (χ0) is 14.7. The Morgan fingerprint density at radius 2 is 1.60 bits per heavy atom. The number of hydrogen-bond acceptors (Lipinski definition) is 2. The lowest BCUT2D eigenvalue weighted by Gasteiger charge is -2.10. The molecule has 106 valence electrons. The molecule has 0 heterocycles. The van der Waals surface area contributed by atoms with Crippen molar-refractivity contribution in [3.63, 3.8) is 0 Å². The molecule has 0 saturated heterocycles. The second-order valence-electron chi connectivity index (χ2n) is 4.06. The van der Waals surface area contributed by atoms with Crippen molar-refractivity contribution in [1.82, 2.24) is 0 Å². The normalized spacial score (nSPS) is 10.4. The van der Waals surface area contributed by atoms with Gasteiger partial charge in [-0.3, -0.25) is 0 Å². The second-order valence-corrected chi connectivity index (χ2v) is 4.06. The number of benzene rings is 2. The molecule has 0 aliphatic rings. The summed E-state index contributed by atoms with van der Waals surface area (Å²) >= 11 is 0. The van der Waals surface area contributed by atoms with E-state index in [0.29, 0.717) is 11.8 Å². The van der Waals surface area contributed by atoms with Crippen molar-refractivity contribution >= 4 is 5.69 Å². The third-order valence-electron chi connectivity index (χ3n) is 2.72. The van der Waals surface area contributed by atoms with Crippen molar-refractivity contribution in [2.75, 3.05) is 12.4 Å².